The molecule has 0 saturated heterocycles. The third-order valence-corrected chi connectivity index (χ3v) is 7.63. The van der Waals surface area contributed by atoms with Crippen molar-refractivity contribution in [2.24, 2.45) is 41.4 Å². The zero-order valence-electron chi connectivity index (χ0n) is 17.4. The van der Waals surface area contributed by atoms with Crippen molar-refractivity contribution in [1.82, 2.24) is 0 Å². The highest BCUT2D eigenvalue weighted by Crippen LogP contribution is 2.47. The fourth-order valence-corrected chi connectivity index (χ4v) is 5.38. The van der Waals surface area contributed by atoms with Crippen LogP contribution in [0.3, 0.4) is 0 Å². The van der Waals surface area contributed by atoms with E-state index >= 15 is 0 Å². The highest BCUT2D eigenvalue weighted by atomic mass is 14.4. The topological polar surface area (TPSA) is 0 Å². The Hall–Kier alpha value is 0. The monoisotopic (exact) mass is 322 g/mol. The molecule has 23 heavy (non-hydrogen) atoms. The molecule has 0 amide bonds. The van der Waals surface area contributed by atoms with Crippen molar-refractivity contribution in [3.63, 3.8) is 0 Å². The van der Waals surface area contributed by atoms with Crippen molar-refractivity contribution in [3.05, 3.63) is 0 Å². The van der Waals surface area contributed by atoms with Gasteiger partial charge in [0.25, 0.3) is 0 Å². The second-order valence-corrected chi connectivity index (χ2v) is 8.91. The molecule has 0 aromatic carbocycles. The molecule has 0 bridgehead atoms. The van der Waals surface area contributed by atoms with Crippen molar-refractivity contribution in [2.75, 3.05) is 0 Å². The van der Waals surface area contributed by atoms with Crippen LogP contribution in [0.25, 0.3) is 0 Å². The molecule has 1 saturated carbocycles. The summed E-state index contributed by atoms with van der Waals surface area (Å²) >= 11 is 0. The van der Waals surface area contributed by atoms with Gasteiger partial charge in [-0.1, -0.05) is 93.4 Å². The molecule has 0 nitrogen and oxygen atoms in total. The van der Waals surface area contributed by atoms with Gasteiger partial charge in [0.05, 0.1) is 0 Å². The van der Waals surface area contributed by atoms with Gasteiger partial charge in [-0.05, 0) is 54.3 Å². The highest BCUT2D eigenvalue weighted by Gasteiger charge is 2.39. The Morgan fingerprint density at radius 3 is 1.96 bits per heavy atom. The fourth-order valence-electron chi connectivity index (χ4n) is 5.38. The van der Waals surface area contributed by atoms with Gasteiger partial charge in [-0.2, -0.15) is 0 Å². The largest absolute Gasteiger partial charge is 0.0651 e. The molecule has 6 atom stereocenters. The van der Waals surface area contributed by atoms with Crippen LogP contribution in [0.15, 0.2) is 0 Å². The quantitative estimate of drug-likeness (QED) is 0.342. The lowest BCUT2D eigenvalue weighted by molar-refractivity contribution is 0.0308. The van der Waals surface area contributed by atoms with Gasteiger partial charge in [-0.3, -0.25) is 0 Å². The molecule has 138 valence electrons. The summed E-state index contributed by atoms with van der Waals surface area (Å²) < 4.78 is 0. The van der Waals surface area contributed by atoms with Crippen molar-refractivity contribution in [3.8, 4) is 0 Å². The van der Waals surface area contributed by atoms with Gasteiger partial charge in [0.1, 0.15) is 0 Å². The van der Waals surface area contributed by atoms with E-state index in [-0.39, 0.29) is 0 Å². The molecule has 0 spiro atoms. The maximum atomic E-state index is 2.54. The Morgan fingerprint density at radius 2 is 1.48 bits per heavy atom. The van der Waals surface area contributed by atoms with E-state index in [0.717, 1.165) is 41.4 Å². The molecule has 0 N–H and O–H groups in total. The molecule has 0 radical (unpaired) electrons. The molecule has 0 heterocycles. The molecular weight excluding hydrogens is 276 g/mol. The zero-order valence-corrected chi connectivity index (χ0v) is 17.4. The van der Waals surface area contributed by atoms with Gasteiger partial charge in [0, 0.05) is 0 Å². The van der Waals surface area contributed by atoms with E-state index < -0.39 is 0 Å². The van der Waals surface area contributed by atoms with Crippen LogP contribution in [0, 0.1) is 41.4 Å². The Labute approximate surface area is 148 Å². The third-order valence-electron chi connectivity index (χ3n) is 7.63. The van der Waals surface area contributed by atoms with Crippen molar-refractivity contribution >= 4 is 0 Å². The summed E-state index contributed by atoms with van der Waals surface area (Å²) in [6.07, 6.45) is 12.9. The molecule has 0 aliphatic heterocycles. The van der Waals surface area contributed by atoms with Crippen LogP contribution < -0.4 is 0 Å². The second-order valence-electron chi connectivity index (χ2n) is 8.91. The standard InChI is InChI=1S/C23H46/c1-8-20(9-2)14-12-17(5)21(10-3)15-13-18(6)23-16-19(7)22(23)11-4/h17-23H,8-16H2,1-7H3. The maximum Gasteiger partial charge on any atom is -0.0355 e. The van der Waals surface area contributed by atoms with Gasteiger partial charge in [0.2, 0.25) is 0 Å². The molecule has 1 aliphatic rings. The Morgan fingerprint density at radius 1 is 0.826 bits per heavy atom. The average molecular weight is 323 g/mol. The third kappa shape index (κ3) is 6.09. The molecule has 1 fully saturated rings. The Balaban J connectivity index is 2.34. The lowest BCUT2D eigenvalue weighted by Gasteiger charge is -2.46. The maximum absolute atomic E-state index is 2.54. The highest BCUT2D eigenvalue weighted by molar-refractivity contribution is 4.88. The van der Waals surface area contributed by atoms with Crippen LogP contribution in [-0.2, 0) is 0 Å². The van der Waals surface area contributed by atoms with Crippen LogP contribution in [0.2, 0.25) is 0 Å². The fraction of sp³-hybridized carbons (Fsp3) is 1.00. The second kappa shape index (κ2) is 10.8. The van der Waals surface area contributed by atoms with E-state index in [1.807, 2.05) is 0 Å². The molecule has 1 rings (SSSR count). The van der Waals surface area contributed by atoms with Crippen molar-refractivity contribution in [1.29, 1.82) is 0 Å². The Bertz CT molecular complexity index is 290. The zero-order chi connectivity index (χ0) is 17.4. The van der Waals surface area contributed by atoms with Gasteiger partial charge in [-0.25, -0.2) is 0 Å². The molecule has 0 heteroatoms. The average Bonchev–Trinajstić information content (AvgIpc) is 2.54. The molecule has 1 aliphatic carbocycles. The van der Waals surface area contributed by atoms with Gasteiger partial charge < -0.3 is 0 Å². The van der Waals surface area contributed by atoms with E-state index in [0.29, 0.717) is 0 Å². The summed E-state index contributed by atoms with van der Waals surface area (Å²) in [6.45, 7) is 17.1. The van der Waals surface area contributed by atoms with Gasteiger partial charge >= 0.3 is 0 Å². The number of hydrogen-bond acceptors (Lipinski definition) is 0. The van der Waals surface area contributed by atoms with E-state index in [1.165, 1.54) is 57.8 Å². The number of rotatable bonds is 12. The number of hydrogen-bond donors (Lipinski definition) is 0. The van der Waals surface area contributed by atoms with Crippen molar-refractivity contribution in [2.45, 2.75) is 106 Å². The van der Waals surface area contributed by atoms with E-state index in [1.54, 1.807) is 0 Å². The lowest BCUT2D eigenvalue weighted by atomic mass is 9.59. The minimum atomic E-state index is 0.926. The Kier molecular flexibility index (Phi) is 9.86. The van der Waals surface area contributed by atoms with E-state index in [2.05, 4.69) is 48.5 Å². The first-order valence-electron chi connectivity index (χ1n) is 11.0. The summed E-state index contributed by atoms with van der Waals surface area (Å²) in [6, 6.07) is 0. The smallest absolute Gasteiger partial charge is 0.0355 e. The van der Waals surface area contributed by atoms with Gasteiger partial charge in [-0.15, -0.1) is 0 Å². The van der Waals surface area contributed by atoms with Gasteiger partial charge in [0.15, 0.2) is 0 Å². The van der Waals surface area contributed by atoms with Crippen LogP contribution in [0.5, 0.6) is 0 Å². The molecule has 0 aromatic heterocycles. The summed E-state index contributed by atoms with van der Waals surface area (Å²) in [5.41, 5.74) is 0. The van der Waals surface area contributed by atoms with Crippen LogP contribution in [0.4, 0.5) is 0 Å². The van der Waals surface area contributed by atoms with Crippen LogP contribution in [-0.4, -0.2) is 0 Å². The first-order chi connectivity index (χ1) is 11.0. The van der Waals surface area contributed by atoms with Crippen molar-refractivity contribution < 1.29 is 0 Å². The van der Waals surface area contributed by atoms with Crippen LogP contribution >= 0.6 is 0 Å². The summed E-state index contributed by atoms with van der Waals surface area (Å²) in [4.78, 5) is 0. The first kappa shape index (κ1) is 21.0. The predicted octanol–water partition coefficient (Wildman–Crippen LogP) is 7.96. The summed E-state index contributed by atoms with van der Waals surface area (Å²) in [5, 5.41) is 0. The normalized spacial score (nSPS) is 28.4. The predicted molar refractivity (Wildman–Crippen MR) is 106 cm³/mol. The van der Waals surface area contributed by atoms with Crippen LogP contribution in [0.1, 0.15) is 106 Å². The summed E-state index contributed by atoms with van der Waals surface area (Å²) in [5.74, 6) is 6.87. The first-order valence-corrected chi connectivity index (χ1v) is 11.0. The van der Waals surface area contributed by atoms with E-state index in [9.17, 15) is 0 Å². The minimum Gasteiger partial charge on any atom is -0.0651 e. The summed E-state index contributed by atoms with van der Waals surface area (Å²) in [7, 11) is 0. The molecular formula is C23H46. The minimum absolute atomic E-state index is 0.926. The molecule has 6 unspecified atom stereocenters. The lowest BCUT2D eigenvalue weighted by Crippen LogP contribution is -2.38. The molecule has 0 aromatic rings. The SMILES string of the molecule is CCC(CC)CCC(C)C(CC)CCC(C)C1CC(C)C1CC. The van der Waals surface area contributed by atoms with E-state index in [4.69, 9.17) is 0 Å².